The van der Waals surface area contributed by atoms with Gasteiger partial charge in [-0.25, -0.2) is 9.78 Å². The van der Waals surface area contributed by atoms with Crippen molar-refractivity contribution in [3.63, 3.8) is 0 Å². The number of rotatable bonds is 10. The Kier molecular flexibility index (Phi) is 9.40. The van der Waals surface area contributed by atoms with Crippen LogP contribution in [0.25, 0.3) is 0 Å². The van der Waals surface area contributed by atoms with Gasteiger partial charge < -0.3 is 24.0 Å². The number of amides is 2. The fourth-order valence-electron chi connectivity index (χ4n) is 3.42. The third kappa shape index (κ3) is 7.69. The average molecular weight is 458 g/mol. The highest BCUT2D eigenvalue weighted by atomic mass is 16.6. The maximum Gasteiger partial charge on any atom is 0.416 e. The fraction of sp³-hybridized carbons (Fsp3) is 0.478. The first-order valence-corrected chi connectivity index (χ1v) is 11.0. The maximum atomic E-state index is 12.8. The third-order valence-electron chi connectivity index (χ3n) is 5.38. The zero-order valence-electron chi connectivity index (χ0n) is 19.2. The summed E-state index contributed by atoms with van der Waals surface area (Å²) >= 11 is 0. The molecule has 178 valence electrons. The Morgan fingerprint density at radius 3 is 2.52 bits per heavy atom. The Balaban J connectivity index is 1.56. The van der Waals surface area contributed by atoms with Gasteiger partial charge in [0.15, 0.2) is 0 Å². The van der Waals surface area contributed by atoms with Crippen LogP contribution in [0, 0.1) is 0 Å². The SMILES string of the molecule is COc1ccc(C(=O)N(C)CCN(CCCN2CCOCC2)C(=O)Oc2cnccn2)cc1. The molecule has 1 aliphatic rings. The Labute approximate surface area is 194 Å². The van der Waals surface area contributed by atoms with Gasteiger partial charge >= 0.3 is 6.09 Å². The van der Waals surface area contributed by atoms with Gasteiger partial charge in [0.2, 0.25) is 5.88 Å². The summed E-state index contributed by atoms with van der Waals surface area (Å²) in [5.41, 5.74) is 0.555. The predicted molar refractivity (Wildman–Crippen MR) is 121 cm³/mol. The number of methoxy groups -OCH3 is 1. The minimum atomic E-state index is -0.511. The van der Waals surface area contributed by atoms with Gasteiger partial charge in [-0.1, -0.05) is 0 Å². The molecule has 0 radical (unpaired) electrons. The zero-order chi connectivity index (χ0) is 23.5. The van der Waals surface area contributed by atoms with Crippen LogP contribution in [-0.4, -0.2) is 103 Å². The summed E-state index contributed by atoms with van der Waals surface area (Å²) in [5, 5.41) is 0. The van der Waals surface area contributed by atoms with E-state index in [1.807, 2.05) is 0 Å². The van der Waals surface area contributed by atoms with Crippen LogP contribution in [0.4, 0.5) is 4.79 Å². The Hall–Kier alpha value is -3.24. The summed E-state index contributed by atoms with van der Waals surface area (Å²) in [4.78, 5) is 39.0. The maximum absolute atomic E-state index is 12.8. The molecule has 10 heteroatoms. The number of morpholine rings is 1. The summed E-state index contributed by atoms with van der Waals surface area (Å²) in [7, 11) is 3.29. The lowest BCUT2D eigenvalue weighted by molar-refractivity contribution is 0.0361. The second-order valence-corrected chi connectivity index (χ2v) is 7.66. The second-order valence-electron chi connectivity index (χ2n) is 7.66. The van der Waals surface area contributed by atoms with Crippen molar-refractivity contribution in [2.24, 2.45) is 0 Å². The molecule has 2 aromatic rings. The highest BCUT2D eigenvalue weighted by Gasteiger charge is 2.20. The first kappa shape index (κ1) is 24.4. The lowest BCUT2D eigenvalue weighted by Crippen LogP contribution is -2.43. The van der Waals surface area contributed by atoms with Gasteiger partial charge in [0.05, 0.1) is 26.5 Å². The van der Waals surface area contributed by atoms with Gasteiger partial charge in [-0.2, -0.15) is 0 Å². The van der Waals surface area contributed by atoms with Gasteiger partial charge in [0.1, 0.15) is 5.75 Å². The number of carbonyl (C=O) groups is 2. The molecule has 0 unspecified atom stereocenters. The molecule has 2 amide bonds. The number of ether oxygens (including phenoxy) is 3. The van der Waals surface area contributed by atoms with Crippen molar-refractivity contribution in [1.29, 1.82) is 0 Å². The molecular formula is C23H31N5O5. The highest BCUT2D eigenvalue weighted by molar-refractivity contribution is 5.94. The number of aromatic nitrogens is 2. The second kappa shape index (κ2) is 12.7. The van der Waals surface area contributed by atoms with Gasteiger partial charge in [-0.15, -0.1) is 0 Å². The lowest BCUT2D eigenvalue weighted by Gasteiger charge is -2.28. The van der Waals surface area contributed by atoms with Crippen LogP contribution in [0.5, 0.6) is 11.6 Å². The molecule has 0 N–H and O–H groups in total. The van der Waals surface area contributed by atoms with Crippen molar-refractivity contribution in [3.8, 4) is 11.6 Å². The van der Waals surface area contributed by atoms with Crippen molar-refractivity contribution in [1.82, 2.24) is 24.7 Å². The molecule has 2 heterocycles. The van der Waals surface area contributed by atoms with E-state index >= 15 is 0 Å². The van der Waals surface area contributed by atoms with Crippen molar-refractivity contribution < 1.29 is 23.8 Å². The molecule has 0 aliphatic carbocycles. The van der Waals surface area contributed by atoms with Gasteiger partial charge in [0, 0.05) is 64.3 Å². The largest absolute Gasteiger partial charge is 0.497 e. The van der Waals surface area contributed by atoms with E-state index in [9.17, 15) is 9.59 Å². The van der Waals surface area contributed by atoms with Crippen LogP contribution in [0.1, 0.15) is 16.8 Å². The minimum absolute atomic E-state index is 0.131. The summed E-state index contributed by atoms with van der Waals surface area (Å²) in [6.45, 7) is 5.30. The Morgan fingerprint density at radius 1 is 1.09 bits per heavy atom. The number of benzene rings is 1. The topological polar surface area (TPSA) is 97.3 Å². The summed E-state index contributed by atoms with van der Waals surface area (Å²) in [5.74, 6) is 0.698. The summed E-state index contributed by atoms with van der Waals surface area (Å²) < 4.78 is 15.9. The molecule has 1 fully saturated rings. The van der Waals surface area contributed by atoms with Gasteiger partial charge in [-0.05, 0) is 30.7 Å². The summed E-state index contributed by atoms with van der Waals surface area (Å²) in [6, 6.07) is 6.94. The smallest absolute Gasteiger partial charge is 0.416 e. The zero-order valence-corrected chi connectivity index (χ0v) is 19.2. The van der Waals surface area contributed by atoms with Crippen molar-refractivity contribution in [2.45, 2.75) is 6.42 Å². The number of hydrogen-bond donors (Lipinski definition) is 0. The molecule has 3 rings (SSSR count). The van der Waals surface area contributed by atoms with Crippen LogP contribution < -0.4 is 9.47 Å². The standard InChI is InChI=1S/C23H31N5O5/c1-26(22(29)19-4-6-20(31-2)7-5-19)12-13-28(11-3-10-27-14-16-32-17-15-27)23(30)33-21-18-24-8-9-25-21/h4-9,18H,3,10-17H2,1-2H3. The van der Waals surface area contributed by atoms with Crippen LogP contribution in [0.3, 0.4) is 0 Å². The molecule has 1 aromatic carbocycles. The molecule has 1 aromatic heterocycles. The van der Waals surface area contributed by atoms with Gasteiger partial charge in [-0.3, -0.25) is 14.7 Å². The van der Waals surface area contributed by atoms with Crippen LogP contribution in [0.15, 0.2) is 42.9 Å². The van der Waals surface area contributed by atoms with Crippen LogP contribution in [-0.2, 0) is 4.74 Å². The molecule has 33 heavy (non-hydrogen) atoms. The van der Waals surface area contributed by atoms with E-state index in [4.69, 9.17) is 14.2 Å². The van der Waals surface area contributed by atoms with Gasteiger partial charge in [0.25, 0.3) is 5.91 Å². The molecule has 1 aliphatic heterocycles. The molecular weight excluding hydrogens is 426 g/mol. The molecule has 1 saturated heterocycles. The quantitative estimate of drug-likeness (QED) is 0.533. The summed E-state index contributed by atoms with van der Waals surface area (Å²) in [6.07, 6.45) is 4.64. The van der Waals surface area contributed by atoms with E-state index in [0.29, 0.717) is 30.9 Å². The van der Waals surface area contributed by atoms with Crippen molar-refractivity contribution in [3.05, 3.63) is 48.4 Å². The highest BCUT2D eigenvalue weighted by Crippen LogP contribution is 2.13. The number of hydrogen-bond acceptors (Lipinski definition) is 8. The Morgan fingerprint density at radius 2 is 1.85 bits per heavy atom. The van der Waals surface area contributed by atoms with E-state index in [0.717, 1.165) is 39.3 Å². The lowest BCUT2D eigenvalue weighted by atomic mass is 10.2. The molecule has 0 spiro atoms. The molecule has 0 saturated carbocycles. The van der Waals surface area contributed by atoms with Crippen LogP contribution in [0.2, 0.25) is 0 Å². The predicted octanol–water partition coefficient (Wildman–Crippen LogP) is 1.78. The first-order valence-electron chi connectivity index (χ1n) is 11.0. The minimum Gasteiger partial charge on any atom is -0.497 e. The normalized spacial score (nSPS) is 13.9. The van der Waals surface area contributed by atoms with E-state index < -0.39 is 6.09 Å². The van der Waals surface area contributed by atoms with E-state index in [1.165, 1.54) is 18.6 Å². The monoisotopic (exact) mass is 457 g/mol. The Bertz CT molecular complexity index is 875. The first-order chi connectivity index (χ1) is 16.1. The van der Waals surface area contributed by atoms with Crippen molar-refractivity contribution in [2.75, 3.05) is 66.6 Å². The molecule has 10 nitrogen and oxygen atoms in total. The van der Waals surface area contributed by atoms with E-state index in [2.05, 4.69) is 14.9 Å². The van der Waals surface area contributed by atoms with E-state index in [-0.39, 0.29) is 11.8 Å². The van der Waals surface area contributed by atoms with Crippen LogP contribution >= 0.6 is 0 Å². The molecule has 0 atom stereocenters. The van der Waals surface area contributed by atoms with Crippen molar-refractivity contribution >= 4 is 12.0 Å². The number of carbonyl (C=O) groups excluding carboxylic acids is 2. The number of likely N-dealkylation sites (N-methyl/N-ethyl adjacent to an activating group) is 1. The third-order valence-corrected chi connectivity index (χ3v) is 5.38. The average Bonchev–Trinajstić information content (AvgIpc) is 2.86. The fourth-order valence-corrected chi connectivity index (χ4v) is 3.42. The number of nitrogens with zero attached hydrogens (tertiary/aromatic N) is 5. The molecule has 0 bridgehead atoms. The van der Waals surface area contributed by atoms with E-state index in [1.54, 1.807) is 48.2 Å².